The van der Waals surface area contributed by atoms with Crippen LogP contribution in [-0.2, 0) is 5.41 Å². The van der Waals surface area contributed by atoms with Gasteiger partial charge in [-0.05, 0) is 114 Å². The van der Waals surface area contributed by atoms with E-state index in [1.807, 2.05) is 72.8 Å². The van der Waals surface area contributed by atoms with E-state index in [2.05, 4.69) is 152 Å². The van der Waals surface area contributed by atoms with Gasteiger partial charge in [0.05, 0.1) is 17.0 Å². The summed E-state index contributed by atoms with van der Waals surface area (Å²) in [6.07, 6.45) is 0. The third-order valence-electron chi connectivity index (χ3n) is 12.8. The first-order chi connectivity index (χ1) is 31.2. The van der Waals surface area contributed by atoms with Gasteiger partial charge in [-0.3, -0.25) is 0 Å². The van der Waals surface area contributed by atoms with Crippen molar-refractivity contribution in [2.24, 2.45) is 0 Å². The van der Waals surface area contributed by atoms with Gasteiger partial charge in [0, 0.05) is 16.7 Å². The van der Waals surface area contributed by atoms with Crippen molar-refractivity contribution in [2.75, 3.05) is 0 Å². The van der Waals surface area contributed by atoms with Crippen LogP contribution in [0.4, 0.5) is 0 Å². The van der Waals surface area contributed by atoms with Crippen molar-refractivity contribution in [1.29, 1.82) is 5.26 Å². The molecule has 2 aliphatic rings. The number of nitriles is 1. The molecule has 12 rings (SSSR count). The van der Waals surface area contributed by atoms with Crippen LogP contribution in [0.15, 0.2) is 218 Å². The second-order valence-electron chi connectivity index (χ2n) is 16.2. The van der Waals surface area contributed by atoms with Crippen LogP contribution < -0.4 is 0 Å². The lowest BCUT2D eigenvalue weighted by Crippen LogP contribution is -2.25. The zero-order valence-corrected chi connectivity index (χ0v) is 34.1. The molecular formula is C59H36N4. The van der Waals surface area contributed by atoms with E-state index in [4.69, 9.17) is 15.0 Å². The Hall–Kier alpha value is -8.52. The van der Waals surface area contributed by atoms with E-state index < -0.39 is 5.41 Å². The molecule has 2 aliphatic carbocycles. The van der Waals surface area contributed by atoms with Crippen LogP contribution >= 0.6 is 0 Å². The van der Waals surface area contributed by atoms with Gasteiger partial charge in [0.25, 0.3) is 0 Å². The number of nitrogens with zero attached hydrogens (tertiary/aromatic N) is 4. The third kappa shape index (κ3) is 5.79. The Balaban J connectivity index is 1.04. The normalized spacial score (nSPS) is 12.6. The summed E-state index contributed by atoms with van der Waals surface area (Å²) in [5, 5.41) is 9.75. The topological polar surface area (TPSA) is 62.5 Å². The van der Waals surface area contributed by atoms with Crippen molar-refractivity contribution in [1.82, 2.24) is 15.0 Å². The maximum absolute atomic E-state index is 9.75. The lowest BCUT2D eigenvalue weighted by atomic mass is 9.70. The lowest BCUT2D eigenvalue weighted by Gasteiger charge is -2.31. The summed E-state index contributed by atoms with van der Waals surface area (Å²) in [4.78, 5) is 15.0. The zero-order chi connectivity index (χ0) is 41.9. The fourth-order valence-corrected chi connectivity index (χ4v) is 9.98. The molecule has 0 amide bonds. The van der Waals surface area contributed by atoms with E-state index in [1.54, 1.807) is 0 Å². The Labute approximate surface area is 366 Å². The van der Waals surface area contributed by atoms with Crippen LogP contribution in [-0.4, -0.2) is 15.0 Å². The molecule has 9 aromatic carbocycles. The molecule has 292 valence electrons. The van der Waals surface area contributed by atoms with Crippen LogP contribution in [0.25, 0.3) is 89.8 Å². The molecule has 0 fully saturated rings. The second-order valence-corrected chi connectivity index (χ2v) is 16.2. The summed E-state index contributed by atoms with van der Waals surface area (Å²) in [5.74, 6) is 1.88. The van der Waals surface area contributed by atoms with Crippen molar-refractivity contribution in [3.05, 3.63) is 246 Å². The predicted molar refractivity (Wildman–Crippen MR) is 253 cm³/mol. The Morgan fingerprint density at radius 1 is 0.286 bits per heavy atom. The van der Waals surface area contributed by atoms with E-state index in [0.29, 0.717) is 23.0 Å². The van der Waals surface area contributed by atoms with Gasteiger partial charge in [0.1, 0.15) is 0 Å². The Morgan fingerprint density at radius 2 is 0.698 bits per heavy atom. The number of hydrogen-bond donors (Lipinski definition) is 0. The molecule has 0 N–H and O–H groups in total. The smallest absolute Gasteiger partial charge is 0.164 e. The van der Waals surface area contributed by atoms with Gasteiger partial charge in [-0.1, -0.05) is 182 Å². The molecule has 4 nitrogen and oxygen atoms in total. The summed E-state index contributed by atoms with van der Waals surface area (Å²) in [6.45, 7) is 0. The molecule has 0 unspecified atom stereocenters. The minimum atomic E-state index is -0.481. The minimum absolute atomic E-state index is 0.481. The highest BCUT2D eigenvalue weighted by molar-refractivity contribution is 5.99. The minimum Gasteiger partial charge on any atom is -0.208 e. The molecule has 1 aromatic heterocycles. The summed E-state index contributed by atoms with van der Waals surface area (Å²) < 4.78 is 0. The molecule has 63 heavy (non-hydrogen) atoms. The highest BCUT2D eigenvalue weighted by Crippen LogP contribution is 2.63. The third-order valence-corrected chi connectivity index (χ3v) is 12.8. The van der Waals surface area contributed by atoms with Gasteiger partial charge in [-0.25, -0.2) is 15.0 Å². The predicted octanol–water partition coefficient (Wildman–Crippen LogP) is 14.1. The number of fused-ring (bicyclic) bond motifs is 10. The SMILES string of the molecule is N#Cc1ccc(-c2cc3c(cc2-c2cccc(-c4cccc(-c5nc(-c6ccccc6)nc(-c6ccccc6)n5)c4)c2)C2(c4ccccc4-c4ccccc42)c2ccccc2-3)cc1. The van der Waals surface area contributed by atoms with Crippen LogP contribution in [0.1, 0.15) is 27.8 Å². The highest BCUT2D eigenvalue weighted by atomic mass is 15.0. The monoisotopic (exact) mass is 800 g/mol. The molecular weight excluding hydrogens is 765 g/mol. The van der Waals surface area contributed by atoms with E-state index >= 15 is 0 Å². The zero-order valence-electron chi connectivity index (χ0n) is 34.1. The molecule has 0 saturated heterocycles. The van der Waals surface area contributed by atoms with Gasteiger partial charge in [-0.2, -0.15) is 5.26 Å². The quantitative estimate of drug-likeness (QED) is 0.168. The van der Waals surface area contributed by atoms with Gasteiger partial charge in [-0.15, -0.1) is 0 Å². The average molecular weight is 801 g/mol. The molecule has 0 atom stereocenters. The van der Waals surface area contributed by atoms with E-state index in [1.165, 1.54) is 44.5 Å². The molecule has 0 aliphatic heterocycles. The molecule has 0 saturated carbocycles. The summed E-state index contributed by atoms with van der Waals surface area (Å²) in [5.41, 5.74) is 19.7. The Morgan fingerprint density at radius 3 is 1.24 bits per heavy atom. The maximum atomic E-state index is 9.75. The summed E-state index contributed by atoms with van der Waals surface area (Å²) in [6, 6.07) is 79.5. The molecule has 1 spiro atoms. The van der Waals surface area contributed by atoms with Gasteiger partial charge < -0.3 is 0 Å². The van der Waals surface area contributed by atoms with Gasteiger partial charge in [0.15, 0.2) is 17.5 Å². The second kappa shape index (κ2) is 14.6. The molecule has 0 radical (unpaired) electrons. The number of aromatic nitrogens is 3. The largest absolute Gasteiger partial charge is 0.208 e. The van der Waals surface area contributed by atoms with Crippen molar-refractivity contribution in [3.8, 4) is 95.9 Å². The lowest BCUT2D eigenvalue weighted by molar-refractivity contribution is 0.794. The standard InChI is InChI=1S/C59H36N4/c60-37-38-29-31-39(32-30-38)49-35-51-48-25-9-12-28-54(48)59(52-26-10-7-23-46(52)47-24-8-11-27-53(47)59)55(51)36-50(49)44-21-13-19-42(33-44)43-20-14-22-45(34-43)58-62-56(40-15-3-1-4-16-40)61-57(63-58)41-17-5-2-6-18-41/h1-36H. The van der Waals surface area contributed by atoms with Crippen molar-refractivity contribution >= 4 is 0 Å². The molecule has 1 heterocycles. The van der Waals surface area contributed by atoms with Crippen molar-refractivity contribution in [2.45, 2.75) is 5.41 Å². The van der Waals surface area contributed by atoms with Crippen LogP contribution in [0, 0.1) is 11.3 Å². The fraction of sp³-hybridized carbons (Fsp3) is 0.0169. The average Bonchev–Trinajstić information content (AvgIpc) is 3.83. The van der Waals surface area contributed by atoms with E-state index in [-0.39, 0.29) is 0 Å². The van der Waals surface area contributed by atoms with Crippen molar-refractivity contribution < 1.29 is 0 Å². The van der Waals surface area contributed by atoms with Gasteiger partial charge >= 0.3 is 0 Å². The fourth-order valence-electron chi connectivity index (χ4n) is 9.98. The first-order valence-corrected chi connectivity index (χ1v) is 21.2. The number of rotatable bonds is 6. The van der Waals surface area contributed by atoms with Crippen LogP contribution in [0.5, 0.6) is 0 Å². The Kier molecular flexibility index (Phi) is 8.42. The summed E-state index contributed by atoms with van der Waals surface area (Å²) in [7, 11) is 0. The number of hydrogen-bond acceptors (Lipinski definition) is 4. The van der Waals surface area contributed by atoms with E-state index in [0.717, 1.165) is 50.1 Å². The number of benzene rings is 9. The maximum Gasteiger partial charge on any atom is 0.164 e. The highest BCUT2D eigenvalue weighted by Gasteiger charge is 2.51. The van der Waals surface area contributed by atoms with Crippen molar-refractivity contribution in [3.63, 3.8) is 0 Å². The Bertz CT molecular complexity index is 3350. The first-order valence-electron chi connectivity index (χ1n) is 21.2. The molecule has 4 heteroatoms. The van der Waals surface area contributed by atoms with Crippen LogP contribution in [0.2, 0.25) is 0 Å². The summed E-state index contributed by atoms with van der Waals surface area (Å²) >= 11 is 0. The molecule has 0 bridgehead atoms. The van der Waals surface area contributed by atoms with E-state index in [9.17, 15) is 5.26 Å². The first kappa shape index (κ1) is 36.3. The molecule has 10 aromatic rings. The van der Waals surface area contributed by atoms with Gasteiger partial charge in [0.2, 0.25) is 0 Å². The van der Waals surface area contributed by atoms with Crippen LogP contribution in [0.3, 0.4) is 0 Å².